The van der Waals surface area contributed by atoms with Gasteiger partial charge in [0.25, 0.3) is 15.0 Å². The Morgan fingerprint density at radius 3 is 2.67 bits per heavy atom. The van der Waals surface area contributed by atoms with Crippen molar-refractivity contribution in [2.24, 2.45) is 0 Å². The molecule has 100 valence electrons. The zero-order valence-corrected chi connectivity index (χ0v) is 11.7. The molecule has 1 amide bonds. The third kappa shape index (κ3) is 3.97. The quantitative estimate of drug-likeness (QED) is 0.768. The molecule has 1 aromatic rings. The summed E-state index contributed by atoms with van der Waals surface area (Å²) in [5.74, 6) is -0.283. The SMILES string of the molecule is COCCN(C)C(=O)c1cccc(S(=O)(=O)Cl)c1. The van der Waals surface area contributed by atoms with Crippen molar-refractivity contribution in [3.05, 3.63) is 29.8 Å². The molecule has 1 aromatic carbocycles. The van der Waals surface area contributed by atoms with Crippen LogP contribution in [0.3, 0.4) is 0 Å². The van der Waals surface area contributed by atoms with Gasteiger partial charge in [0.1, 0.15) is 0 Å². The predicted octanol–water partition coefficient (Wildman–Crippen LogP) is 1.33. The molecule has 0 spiro atoms. The lowest BCUT2D eigenvalue weighted by molar-refractivity contribution is 0.0744. The Bertz CT molecular complexity index is 530. The largest absolute Gasteiger partial charge is 0.383 e. The fourth-order valence-corrected chi connectivity index (χ4v) is 2.13. The highest BCUT2D eigenvalue weighted by molar-refractivity contribution is 8.13. The van der Waals surface area contributed by atoms with Crippen molar-refractivity contribution in [3.8, 4) is 0 Å². The number of hydrogen-bond acceptors (Lipinski definition) is 4. The van der Waals surface area contributed by atoms with Crippen molar-refractivity contribution < 1.29 is 17.9 Å². The summed E-state index contributed by atoms with van der Waals surface area (Å²) in [7, 11) is 4.56. The molecule has 0 N–H and O–H groups in total. The molecule has 0 atom stereocenters. The Hall–Kier alpha value is -1.11. The van der Waals surface area contributed by atoms with E-state index >= 15 is 0 Å². The lowest BCUT2D eigenvalue weighted by Gasteiger charge is -2.16. The van der Waals surface area contributed by atoms with Crippen LogP contribution in [0.2, 0.25) is 0 Å². The normalized spacial score (nSPS) is 11.3. The van der Waals surface area contributed by atoms with Gasteiger partial charge in [-0.2, -0.15) is 0 Å². The maximum atomic E-state index is 12.0. The first-order chi connectivity index (χ1) is 8.36. The number of halogens is 1. The number of hydrogen-bond donors (Lipinski definition) is 0. The van der Waals surface area contributed by atoms with Crippen LogP contribution in [0.25, 0.3) is 0 Å². The summed E-state index contributed by atoms with van der Waals surface area (Å²) in [6, 6.07) is 5.62. The summed E-state index contributed by atoms with van der Waals surface area (Å²) in [5.41, 5.74) is 0.273. The average Bonchev–Trinajstić information content (AvgIpc) is 2.34. The fraction of sp³-hybridized carbons (Fsp3) is 0.364. The van der Waals surface area contributed by atoms with Crippen LogP contribution < -0.4 is 0 Å². The monoisotopic (exact) mass is 291 g/mol. The Labute approximate surface area is 111 Å². The zero-order valence-electron chi connectivity index (χ0n) is 10.1. The molecule has 0 aliphatic rings. The van der Waals surface area contributed by atoms with E-state index in [1.807, 2.05) is 0 Å². The van der Waals surface area contributed by atoms with E-state index in [0.29, 0.717) is 13.2 Å². The Morgan fingerprint density at radius 1 is 1.44 bits per heavy atom. The second kappa shape index (κ2) is 6.17. The fourth-order valence-electron chi connectivity index (χ4n) is 1.33. The van der Waals surface area contributed by atoms with Crippen molar-refractivity contribution >= 4 is 25.6 Å². The lowest BCUT2D eigenvalue weighted by Crippen LogP contribution is -2.29. The van der Waals surface area contributed by atoms with Crippen molar-refractivity contribution in [1.29, 1.82) is 0 Å². The second-order valence-electron chi connectivity index (χ2n) is 3.69. The van der Waals surface area contributed by atoms with E-state index < -0.39 is 9.05 Å². The van der Waals surface area contributed by atoms with Gasteiger partial charge in [-0.25, -0.2) is 8.42 Å². The van der Waals surface area contributed by atoms with Gasteiger partial charge in [0, 0.05) is 36.9 Å². The highest BCUT2D eigenvalue weighted by Crippen LogP contribution is 2.16. The number of carbonyl (C=O) groups excluding carboxylic acids is 1. The van der Waals surface area contributed by atoms with Crippen LogP contribution in [0.1, 0.15) is 10.4 Å². The molecule has 1 rings (SSSR count). The highest BCUT2D eigenvalue weighted by Gasteiger charge is 2.15. The molecule has 0 aromatic heterocycles. The Morgan fingerprint density at radius 2 is 2.11 bits per heavy atom. The molecular formula is C11H14ClNO4S. The molecule has 0 saturated carbocycles. The van der Waals surface area contributed by atoms with Gasteiger partial charge in [-0.15, -0.1) is 0 Å². The van der Waals surface area contributed by atoms with Gasteiger partial charge >= 0.3 is 0 Å². The van der Waals surface area contributed by atoms with Crippen LogP contribution in [0, 0.1) is 0 Å². The van der Waals surface area contributed by atoms with E-state index in [0.717, 1.165) is 0 Å². The van der Waals surface area contributed by atoms with E-state index in [9.17, 15) is 13.2 Å². The molecule has 18 heavy (non-hydrogen) atoms. The van der Waals surface area contributed by atoms with E-state index in [1.54, 1.807) is 14.2 Å². The standard InChI is InChI=1S/C11H14ClNO4S/c1-13(6-7-17-2)11(14)9-4-3-5-10(8-9)18(12,15)16/h3-5,8H,6-7H2,1-2H3. The Kier molecular flexibility index (Phi) is 5.13. The van der Waals surface area contributed by atoms with Gasteiger partial charge in [-0.05, 0) is 18.2 Å². The van der Waals surface area contributed by atoms with Gasteiger partial charge in [0.2, 0.25) is 0 Å². The van der Waals surface area contributed by atoms with Gasteiger partial charge in [-0.1, -0.05) is 6.07 Å². The number of ether oxygens (including phenoxy) is 1. The minimum Gasteiger partial charge on any atom is -0.383 e. The first-order valence-corrected chi connectivity index (χ1v) is 7.46. The summed E-state index contributed by atoms with van der Waals surface area (Å²) >= 11 is 0. The maximum absolute atomic E-state index is 12.0. The second-order valence-corrected chi connectivity index (χ2v) is 6.25. The van der Waals surface area contributed by atoms with Crippen molar-refractivity contribution in [1.82, 2.24) is 4.90 Å². The van der Waals surface area contributed by atoms with Gasteiger partial charge < -0.3 is 9.64 Å². The molecule has 0 radical (unpaired) electrons. The first kappa shape index (κ1) is 14.9. The maximum Gasteiger partial charge on any atom is 0.261 e. The van der Waals surface area contributed by atoms with Crippen LogP contribution in [-0.2, 0) is 13.8 Å². The van der Waals surface area contributed by atoms with Crippen molar-refractivity contribution in [3.63, 3.8) is 0 Å². The van der Waals surface area contributed by atoms with Crippen molar-refractivity contribution in [2.75, 3.05) is 27.3 Å². The van der Waals surface area contributed by atoms with Gasteiger partial charge in [-0.3, -0.25) is 4.79 Å². The summed E-state index contributed by atoms with van der Waals surface area (Å²) in [4.78, 5) is 13.3. The minimum atomic E-state index is -3.82. The van der Waals surface area contributed by atoms with Crippen LogP contribution in [0.4, 0.5) is 0 Å². The molecule has 0 fully saturated rings. The molecule has 0 unspecified atom stereocenters. The number of methoxy groups -OCH3 is 1. The molecule has 0 aliphatic carbocycles. The number of amides is 1. The molecule has 0 saturated heterocycles. The molecule has 7 heteroatoms. The van der Waals surface area contributed by atoms with Crippen LogP contribution in [-0.4, -0.2) is 46.5 Å². The first-order valence-electron chi connectivity index (χ1n) is 5.15. The zero-order chi connectivity index (χ0) is 13.8. The lowest BCUT2D eigenvalue weighted by atomic mass is 10.2. The number of carbonyl (C=O) groups is 1. The van der Waals surface area contributed by atoms with Gasteiger partial charge in [0.15, 0.2) is 0 Å². The van der Waals surface area contributed by atoms with Crippen LogP contribution in [0.15, 0.2) is 29.2 Å². The van der Waals surface area contributed by atoms with E-state index in [4.69, 9.17) is 15.4 Å². The summed E-state index contributed by atoms with van der Waals surface area (Å²) < 4.78 is 27.2. The molecule has 0 heterocycles. The molecule has 5 nitrogen and oxygen atoms in total. The van der Waals surface area contributed by atoms with Crippen LogP contribution in [0.5, 0.6) is 0 Å². The highest BCUT2D eigenvalue weighted by atomic mass is 35.7. The van der Waals surface area contributed by atoms with E-state index in [1.165, 1.54) is 29.2 Å². The smallest absolute Gasteiger partial charge is 0.261 e. The molecular weight excluding hydrogens is 278 g/mol. The number of nitrogens with zero attached hydrogens (tertiary/aromatic N) is 1. The number of likely N-dealkylation sites (N-methyl/N-ethyl adjacent to an activating group) is 1. The van der Waals surface area contributed by atoms with Crippen LogP contribution >= 0.6 is 10.7 Å². The van der Waals surface area contributed by atoms with E-state index in [-0.39, 0.29) is 16.4 Å². The average molecular weight is 292 g/mol. The van der Waals surface area contributed by atoms with Crippen molar-refractivity contribution in [2.45, 2.75) is 4.90 Å². The summed E-state index contributed by atoms with van der Waals surface area (Å²) in [6.45, 7) is 0.836. The van der Waals surface area contributed by atoms with Gasteiger partial charge in [0.05, 0.1) is 11.5 Å². The minimum absolute atomic E-state index is 0.0878. The van der Waals surface area contributed by atoms with E-state index in [2.05, 4.69) is 0 Å². The predicted molar refractivity (Wildman–Crippen MR) is 68.3 cm³/mol. The number of benzene rings is 1. The topological polar surface area (TPSA) is 63.7 Å². The Balaban J connectivity index is 2.93. The molecule has 0 aliphatic heterocycles. The summed E-state index contributed by atoms with van der Waals surface area (Å²) in [6.07, 6.45) is 0. The molecule has 0 bridgehead atoms. The number of rotatable bonds is 5. The summed E-state index contributed by atoms with van der Waals surface area (Å²) in [5, 5.41) is 0. The third-order valence-electron chi connectivity index (χ3n) is 2.34. The third-order valence-corrected chi connectivity index (χ3v) is 3.69.